The zero-order valence-electron chi connectivity index (χ0n) is 8.78. The quantitative estimate of drug-likeness (QED) is 0.524. The van der Waals surface area contributed by atoms with Gasteiger partial charge in [-0.3, -0.25) is 9.59 Å². The van der Waals surface area contributed by atoms with Crippen molar-refractivity contribution < 1.29 is 14.3 Å². The summed E-state index contributed by atoms with van der Waals surface area (Å²) in [5, 5.41) is 0. The lowest BCUT2D eigenvalue weighted by atomic mass is 10.0. The molecule has 1 unspecified atom stereocenters. The summed E-state index contributed by atoms with van der Waals surface area (Å²) < 4.78 is 4.83. The minimum atomic E-state index is -0.377. The molecule has 0 saturated carbocycles. The monoisotopic (exact) mass is 218 g/mol. The Hall–Kier alpha value is -0.510. The van der Waals surface area contributed by atoms with E-state index >= 15 is 0 Å². The van der Waals surface area contributed by atoms with Gasteiger partial charge in [0.25, 0.3) is 0 Å². The Morgan fingerprint density at radius 2 is 2.00 bits per heavy atom. The molecule has 0 radical (unpaired) electrons. The van der Waals surface area contributed by atoms with Gasteiger partial charge in [0, 0.05) is 18.6 Å². The summed E-state index contributed by atoms with van der Waals surface area (Å²) in [7, 11) is 0. The molecule has 0 rings (SSSR count). The highest BCUT2D eigenvalue weighted by atomic mass is 32.1. The molecule has 4 heteroatoms. The van der Waals surface area contributed by atoms with Gasteiger partial charge in [-0.25, -0.2) is 0 Å². The van der Waals surface area contributed by atoms with Gasteiger partial charge in [0.2, 0.25) is 0 Å². The number of hydrogen-bond donors (Lipinski definition) is 1. The zero-order chi connectivity index (χ0) is 11.0. The molecule has 0 N–H and O–H groups in total. The molecule has 0 amide bonds. The summed E-state index contributed by atoms with van der Waals surface area (Å²) in [6.45, 7) is 4.05. The fraction of sp³-hybridized carbons (Fsp3) is 0.800. The average molecular weight is 218 g/mol. The van der Waals surface area contributed by atoms with Crippen molar-refractivity contribution in [3.8, 4) is 0 Å². The van der Waals surface area contributed by atoms with Crippen LogP contribution in [0.1, 0.15) is 33.1 Å². The number of thiol groups is 1. The van der Waals surface area contributed by atoms with Gasteiger partial charge < -0.3 is 4.74 Å². The Morgan fingerprint density at radius 3 is 2.43 bits per heavy atom. The van der Waals surface area contributed by atoms with Crippen molar-refractivity contribution in [2.75, 3.05) is 12.4 Å². The topological polar surface area (TPSA) is 43.4 Å². The Kier molecular flexibility index (Phi) is 7.57. The van der Waals surface area contributed by atoms with Crippen molar-refractivity contribution in [1.29, 1.82) is 0 Å². The molecule has 0 bridgehead atoms. The van der Waals surface area contributed by atoms with E-state index in [-0.39, 0.29) is 24.1 Å². The van der Waals surface area contributed by atoms with E-state index < -0.39 is 0 Å². The third-order valence-corrected chi connectivity index (χ3v) is 2.28. The number of hydrogen-bond acceptors (Lipinski definition) is 4. The second-order valence-electron chi connectivity index (χ2n) is 3.12. The Bertz CT molecular complexity index is 192. The molecule has 3 nitrogen and oxygen atoms in total. The molecule has 0 aromatic carbocycles. The largest absolute Gasteiger partial charge is 0.466 e. The van der Waals surface area contributed by atoms with Crippen LogP contribution in [0.3, 0.4) is 0 Å². The van der Waals surface area contributed by atoms with Crippen molar-refractivity contribution >= 4 is 24.4 Å². The first-order valence-corrected chi connectivity index (χ1v) is 5.58. The molecule has 0 aromatic rings. The van der Waals surface area contributed by atoms with Gasteiger partial charge in [0.1, 0.15) is 5.78 Å². The summed E-state index contributed by atoms with van der Waals surface area (Å²) >= 11 is 4.04. The number of ketones is 1. The molecule has 0 aliphatic heterocycles. The summed E-state index contributed by atoms with van der Waals surface area (Å²) in [4.78, 5) is 22.6. The van der Waals surface area contributed by atoms with Crippen LogP contribution >= 0.6 is 12.6 Å². The summed E-state index contributed by atoms with van der Waals surface area (Å²) in [6, 6.07) is 0. The van der Waals surface area contributed by atoms with Crippen LogP contribution in [0.4, 0.5) is 0 Å². The number of carbonyl (C=O) groups is 2. The maximum atomic E-state index is 11.3. The highest BCUT2D eigenvalue weighted by Gasteiger charge is 2.20. The first kappa shape index (κ1) is 13.5. The predicted octanol–water partition coefficient (Wildman–Crippen LogP) is 1.85. The van der Waals surface area contributed by atoms with E-state index in [1.54, 1.807) is 6.92 Å². The minimum Gasteiger partial charge on any atom is -0.466 e. The zero-order valence-corrected chi connectivity index (χ0v) is 9.68. The number of esters is 1. The highest BCUT2D eigenvalue weighted by molar-refractivity contribution is 7.80. The molecule has 14 heavy (non-hydrogen) atoms. The van der Waals surface area contributed by atoms with Crippen LogP contribution in [0.15, 0.2) is 0 Å². The molecular formula is C10H18O3S. The summed E-state index contributed by atoms with van der Waals surface area (Å²) in [5.74, 6) is -0.210. The van der Waals surface area contributed by atoms with Crippen LogP contribution in [0.2, 0.25) is 0 Å². The Morgan fingerprint density at radius 1 is 1.36 bits per heavy atom. The predicted molar refractivity (Wildman–Crippen MR) is 58.5 cm³/mol. The van der Waals surface area contributed by atoms with Crippen LogP contribution in [-0.4, -0.2) is 24.1 Å². The third-order valence-electron chi connectivity index (χ3n) is 1.84. The third kappa shape index (κ3) is 5.27. The van der Waals surface area contributed by atoms with Crippen molar-refractivity contribution in [2.45, 2.75) is 33.1 Å². The lowest BCUT2D eigenvalue weighted by Gasteiger charge is -2.11. The molecule has 0 aliphatic carbocycles. The van der Waals surface area contributed by atoms with Gasteiger partial charge in [-0.2, -0.15) is 12.6 Å². The van der Waals surface area contributed by atoms with Crippen molar-refractivity contribution in [3.63, 3.8) is 0 Å². The molecule has 0 saturated heterocycles. The second kappa shape index (κ2) is 7.85. The molecule has 1 atom stereocenters. The Balaban J connectivity index is 4.01. The van der Waals surface area contributed by atoms with E-state index in [1.807, 2.05) is 6.92 Å². The van der Waals surface area contributed by atoms with Crippen LogP contribution in [0.5, 0.6) is 0 Å². The van der Waals surface area contributed by atoms with E-state index in [4.69, 9.17) is 4.74 Å². The maximum Gasteiger partial charge on any atom is 0.310 e. The number of rotatable bonds is 7. The van der Waals surface area contributed by atoms with Gasteiger partial charge in [-0.15, -0.1) is 0 Å². The first-order valence-electron chi connectivity index (χ1n) is 4.94. The lowest BCUT2D eigenvalue weighted by molar-refractivity contribution is -0.148. The van der Waals surface area contributed by atoms with E-state index in [2.05, 4.69) is 12.6 Å². The first-order chi connectivity index (χ1) is 6.65. The second-order valence-corrected chi connectivity index (χ2v) is 3.49. The fourth-order valence-electron chi connectivity index (χ4n) is 1.14. The van der Waals surface area contributed by atoms with Crippen molar-refractivity contribution in [3.05, 3.63) is 0 Å². The van der Waals surface area contributed by atoms with Gasteiger partial charge in [-0.05, 0) is 13.3 Å². The normalized spacial score (nSPS) is 12.2. The molecule has 82 valence electrons. The number of ether oxygens (including phenoxy) is 1. The molecule has 0 heterocycles. The van der Waals surface area contributed by atoms with E-state index in [0.717, 1.165) is 6.42 Å². The SMILES string of the molecule is CCCC(=O)CC(CS)C(=O)OCC. The molecule has 0 aliphatic rings. The van der Waals surface area contributed by atoms with Crippen molar-refractivity contribution in [1.82, 2.24) is 0 Å². The van der Waals surface area contributed by atoms with Crippen LogP contribution in [-0.2, 0) is 14.3 Å². The van der Waals surface area contributed by atoms with Crippen LogP contribution < -0.4 is 0 Å². The summed E-state index contributed by atoms with van der Waals surface area (Å²) in [6.07, 6.45) is 1.61. The molecular weight excluding hydrogens is 200 g/mol. The highest BCUT2D eigenvalue weighted by Crippen LogP contribution is 2.10. The fourth-order valence-corrected chi connectivity index (χ4v) is 1.42. The smallest absolute Gasteiger partial charge is 0.310 e. The van der Waals surface area contributed by atoms with Crippen molar-refractivity contribution in [2.24, 2.45) is 5.92 Å². The lowest BCUT2D eigenvalue weighted by Crippen LogP contribution is -2.22. The Labute approximate surface area is 90.6 Å². The molecule has 0 spiro atoms. The van der Waals surface area contributed by atoms with Crippen LogP contribution in [0.25, 0.3) is 0 Å². The van der Waals surface area contributed by atoms with Gasteiger partial charge in [0.05, 0.1) is 12.5 Å². The molecule has 0 aromatic heterocycles. The van der Waals surface area contributed by atoms with E-state index in [0.29, 0.717) is 18.8 Å². The van der Waals surface area contributed by atoms with Gasteiger partial charge in [-0.1, -0.05) is 6.92 Å². The molecule has 0 fully saturated rings. The minimum absolute atomic E-state index is 0.111. The van der Waals surface area contributed by atoms with Gasteiger partial charge in [0.15, 0.2) is 0 Å². The van der Waals surface area contributed by atoms with E-state index in [9.17, 15) is 9.59 Å². The number of Topliss-reactive ketones (excluding diaryl/α,β-unsaturated/α-hetero) is 1. The van der Waals surface area contributed by atoms with Crippen LogP contribution in [0, 0.1) is 5.92 Å². The standard InChI is InChI=1S/C10H18O3S/c1-3-5-9(11)6-8(7-14)10(12)13-4-2/h8,14H,3-7H2,1-2H3. The van der Waals surface area contributed by atoms with Gasteiger partial charge >= 0.3 is 5.97 Å². The van der Waals surface area contributed by atoms with E-state index in [1.165, 1.54) is 0 Å². The maximum absolute atomic E-state index is 11.3. The summed E-state index contributed by atoms with van der Waals surface area (Å²) in [5.41, 5.74) is 0. The number of carbonyl (C=O) groups excluding carboxylic acids is 2. The average Bonchev–Trinajstić information content (AvgIpc) is 2.15.